The third-order valence-electron chi connectivity index (χ3n) is 4.00. The molecule has 0 spiro atoms. The second-order valence-electron chi connectivity index (χ2n) is 5.71. The van der Waals surface area contributed by atoms with E-state index in [1.807, 2.05) is 6.92 Å². The molecule has 8 heteroatoms. The zero-order valence-corrected chi connectivity index (χ0v) is 16.1. The van der Waals surface area contributed by atoms with Crippen LogP contribution in [0.5, 0.6) is 0 Å². The zero-order valence-electron chi connectivity index (χ0n) is 13.7. The van der Waals surface area contributed by atoms with Crippen molar-refractivity contribution >= 4 is 39.1 Å². The molecule has 0 aliphatic carbocycles. The molecule has 0 bridgehead atoms. The molecule has 2 rings (SSSR count). The number of likely N-dealkylation sites (N-methyl/N-ethyl adjacent to an activating group) is 1. The van der Waals surface area contributed by atoms with Gasteiger partial charge >= 0.3 is 0 Å². The summed E-state index contributed by atoms with van der Waals surface area (Å²) in [6.45, 7) is 1.81. The summed E-state index contributed by atoms with van der Waals surface area (Å²) < 4.78 is 23.0. The van der Waals surface area contributed by atoms with Gasteiger partial charge in [-0.25, -0.2) is 13.6 Å². The van der Waals surface area contributed by atoms with E-state index in [2.05, 4.69) is 0 Å². The highest BCUT2D eigenvalue weighted by Crippen LogP contribution is 2.25. The Morgan fingerprint density at radius 3 is 2.48 bits per heavy atom. The molecule has 25 heavy (non-hydrogen) atoms. The van der Waals surface area contributed by atoms with E-state index in [4.69, 9.17) is 28.3 Å². The Morgan fingerprint density at radius 1 is 1.20 bits per heavy atom. The van der Waals surface area contributed by atoms with E-state index < -0.39 is 10.0 Å². The van der Waals surface area contributed by atoms with Crippen LogP contribution in [-0.2, 0) is 21.2 Å². The topological polar surface area (TPSA) is 80.5 Å². The van der Waals surface area contributed by atoms with Gasteiger partial charge in [-0.2, -0.15) is 0 Å². The van der Waals surface area contributed by atoms with Crippen molar-refractivity contribution in [1.82, 2.24) is 4.90 Å². The van der Waals surface area contributed by atoms with Gasteiger partial charge in [0.05, 0.1) is 17.4 Å². The molecule has 0 aliphatic rings. The molecule has 0 aliphatic heterocycles. The molecule has 2 aromatic rings. The first kappa shape index (κ1) is 19.7. The van der Waals surface area contributed by atoms with E-state index in [0.717, 1.165) is 0 Å². The summed E-state index contributed by atoms with van der Waals surface area (Å²) >= 11 is 12.0. The van der Waals surface area contributed by atoms with Gasteiger partial charge in [0.1, 0.15) is 0 Å². The molecule has 2 aromatic carbocycles. The Hall–Kier alpha value is -1.60. The summed E-state index contributed by atoms with van der Waals surface area (Å²) in [4.78, 5) is 14.1. The maximum Gasteiger partial charge on any atom is 0.238 e. The van der Waals surface area contributed by atoms with Gasteiger partial charge in [0.15, 0.2) is 0 Å². The van der Waals surface area contributed by atoms with Crippen LogP contribution in [0.3, 0.4) is 0 Å². The van der Waals surface area contributed by atoms with Crippen LogP contribution >= 0.6 is 23.2 Å². The van der Waals surface area contributed by atoms with E-state index in [-0.39, 0.29) is 23.3 Å². The molecule has 0 heterocycles. The minimum Gasteiger partial charge on any atom is -0.339 e. The molecule has 0 saturated carbocycles. The van der Waals surface area contributed by atoms with Crippen molar-refractivity contribution in [2.24, 2.45) is 5.14 Å². The Bertz CT molecular complexity index is 901. The molecular weight excluding hydrogens is 383 g/mol. The highest BCUT2D eigenvalue weighted by Gasteiger charge is 2.20. The predicted octanol–water partition coefficient (Wildman–Crippen LogP) is 3.40. The van der Waals surface area contributed by atoms with E-state index in [1.165, 1.54) is 17.0 Å². The molecular formula is C17H18Cl2N2O3S. The lowest BCUT2D eigenvalue weighted by atomic mass is 10.1. The largest absolute Gasteiger partial charge is 0.339 e. The summed E-state index contributed by atoms with van der Waals surface area (Å²) in [5, 5.41) is 6.09. The third-order valence-corrected chi connectivity index (χ3v) is 5.50. The quantitative estimate of drug-likeness (QED) is 0.834. The zero-order chi connectivity index (χ0) is 18.8. The fourth-order valence-electron chi connectivity index (χ4n) is 2.34. The lowest BCUT2D eigenvalue weighted by Gasteiger charge is -2.26. The number of halogens is 2. The van der Waals surface area contributed by atoms with Crippen LogP contribution in [-0.4, -0.2) is 26.3 Å². The van der Waals surface area contributed by atoms with Crippen LogP contribution in [0.15, 0.2) is 47.4 Å². The van der Waals surface area contributed by atoms with E-state index in [1.54, 1.807) is 37.4 Å². The van der Waals surface area contributed by atoms with Crippen LogP contribution in [0.25, 0.3) is 0 Å². The first-order chi connectivity index (χ1) is 11.6. The average Bonchev–Trinajstić information content (AvgIpc) is 2.55. The van der Waals surface area contributed by atoms with E-state index in [0.29, 0.717) is 21.2 Å². The van der Waals surface area contributed by atoms with Crippen molar-refractivity contribution < 1.29 is 13.2 Å². The summed E-state index contributed by atoms with van der Waals surface area (Å²) in [6.07, 6.45) is 0.117. The second kappa shape index (κ2) is 7.74. The van der Waals surface area contributed by atoms with Crippen LogP contribution in [0.2, 0.25) is 10.0 Å². The number of carbonyl (C=O) groups is 1. The number of hydrogen-bond donors (Lipinski definition) is 1. The lowest BCUT2D eigenvalue weighted by Crippen LogP contribution is -2.31. The van der Waals surface area contributed by atoms with E-state index >= 15 is 0 Å². The highest BCUT2D eigenvalue weighted by atomic mass is 35.5. The van der Waals surface area contributed by atoms with Crippen molar-refractivity contribution in [1.29, 1.82) is 0 Å². The number of nitrogens with zero attached hydrogens (tertiary/aromatic N) is 1. The normalized spacial score (nSPS) is 12.7. The van der Waals surface area contributed by atoms with Crippen LogP contribution < -0.4 is 5.14 Å². The number of carbonyl (C=O) groups excluding carboxylic acids is 1. The SMILES string of the molecule is CC(c1cccc(S(N)(=O)=O)c1)N(C)C(=O)Cc1ccc(Cl)cc1Cl. The maximum atomic E-state index is 12.5. The molecule has 5 nitrogen and oxygen atoms in total. The Morgan fingerprint density at radius 2 is 1.88 bits per heavy atom. The number of sulfonamides is 1. The molecule has 0 radical (unpaired) electrons. The van der Waals surface area contributed by atoms with Gasteiger partial charge < -0.3 is 4.90 Å². The summed E-state index contributed by atoms with van der Waals surface area (Å²) in [6, 6.07) is 10.9. The summed E-state index contributed by atoms with van der Waals surface area (Å²) in [5.74, 6) is -0.155. The van der Waals surface area contributed by atoms with Crippen molar-refractivity contribution in [2.45, 2.75) is 24.3 Å². The van der Waals surface area contributed by atoms with Crippen LogP contribution in [0.1, 0.15) is 24.1 Å². The Kier molecular flexibility index (Phi) is 6.11. The standard InChI is InChI=1S/C17H18Cl2N2O3S/c1-11(12-4-3-5-15(8-12)25(20,23)24)21(2)17(22)9-13-6-7-14(18)10-16(13)19/h3-8,10-11H,9H2,1-2H3,(H2,20,23,24). The summed E-state index contributed by atoms with van der Waals surface area (Å²) in [7, 11) is -2.14. The first-order valence-corrected chi connectivity index (χ1v) is 9.72. The van der Waals surface area contributed by atoms with Crippen molar-refractivity contribution in [3.05, 3.63) is 63.6 Å². The number of nitrogens with two attached hydrogens (primary N) is 1. The fraction of sp³-hybridized carbons (Fsp3) is 0.235. The molecule has 1 unspecified atom stereocenters. The molecule has 1 atom stereocenters. The van der Waals surface area contributed by atoms with Gasteiger partial charge in [0.25, 0.3) is 0 Å². The highest BCUT2D eigenvalue weighted by molar-refractivity contribution is 7.89. The molecule has 134 valence electrons. The third kappa shape index (κ3) is 4.95. The van der Waals surface area contributed by atoms with Crippen molar-refractivity contribution in [3.8, 4) is 0 Å². The number of benzene rings is 2. The first-order valence-electron chi connectivity index (χ1n) is 7.42. The lowest BCUT2D eigenvalue weighted by molar-refractivity contribution is -0.131. The Labute approximate surface area is 157 Å². The van der Waals surface area contributed by atoms with Gasteiger partial charge in [-0.3, -0.25) is 4.79 Å². The molecule has 2 N–H and O–H groups in total. The average molecular weight is 401 g/mol. The van der Waals surface area contributed by atoms with E-state index in [9.17, 15) is 13.2 Å². The van der Waals surface area contributed by atoms with Gasteiger partial charge in [0, 0.05) is 17.1 Å². The molecule has 1 amide bonds. The Balaban J connectivity index is 2.19. The van der Waals surface area contributed by atoms with Crippen LogP contribution in [0.4, 0.5) is 0 Å². The predicted molar refractivity (Wildman–Crippen MR) is 99.2 cm³/mol. The van der Waals surface area contributed by atoms with Crippen molar-refractivity contribution in [2.75, 3.05) is 7.05 Å². The minimum atomic E-state index is -3.80. The molecule has 0 saturated heterocycles. The molecule has 0 fully saturated rings. The second-order valence-corrected chi connectivity index (χ2v) is 8.12. The van der Waals surface area contributed by atoms with Gasteiger partial charge in [-0.1, -0.05) is 41.4 Å². The molecule has 0 aromatic heterocycles. The monoisotopic (exact) mass is 400 g/mol. The summed E-state index contributed by atoms with van der Waals surface area (Å²) in [5.41, 5.74) is 1.35. The smallest absolute Gasteiger partial charge is 0.238 e. The number of amides is 1. The number of primary sulfonamides is 1. The van der Waals surface area contributed by atoms with Crippen LogP contribution in [0, 0.1) is 0 Å². The van der Waals surface area contributed by atoms with Gasteiger partial charge in [-0.05, 0) is 42.3 Å². The number of rotatable bonds is 5. The number of hydrogen-bond acceptors (Lipinski definition) is 3. The van der Waals surface area contributed by atoms with Gasteiger partial charge in [-0.15, -0.1) is 0 Å². The van der Waals surface area contributed by atoms with Crippen molar-refractivity contribution in [3.63, 3.8) is 0 Å². The van der Waals surface area contributed by atoms with Gasteiger partial charge in [0.2, 0.25) is 15.9 Å². The fourth-order valence-corrected chi connectivity index (χ4v) is 3.39. The maximum absolute atomic E-state index is 12.5. The minimum absolute atomic E-state index is 0.0124.